The summed E-state index contributed by atoms with van der Waals surface area (Å²) in [5, 5.41) is 4.30. The van der Waals surface area contributed by atoms with Crippen molar-refractivity contribution < 1.29 is 13.2 Å². The number of carbonyl (C=O) groups is 1. The van der Waals surface area contributed by atoms with Crippen molar-refractivity contribution in [2.24, 2.45) is 16.4 Å². The topological polar surface area (TPSA) is 78.8 Å². The molecular formula is C24H30BrN3O3S. The molecule has 1 amide bonds. The van der Waals surface area contributed by atoms with Crippen molar-refractivity contribution in [3.63, 3.8) is 0 Å². The Morgan fingerprint density at radius 2 is 1.66 bits per heavy atom. The number of halogens is 1. The Kier molecular flexibility index (Phi) is 7.77. The van der Waals surface area contributed by atoms with Crippen LogP contribution >= 0.6 is 15.9 Å². The van der Waals surface area contributed by atoms with Crippen molar-refractivity contribution in [2.45, 2.75) is 51.3 Å². The van der Waals surface area contributed by atoms with Gasteiger partial charge in [-0.2, -0.15) is 5.10 Å². The van der Waals surface area contributed by atoms with Crippen LogP contribution in [0.25, 0.3) is 0 Å². The van der Waals surface area contributed by atoms with Gasteiger partial charge in [-0.15, -0.1) is 0 Å². The monoisotopic (exact) mass is 519 g/mol. The van der Waals surface area contributed by atoms with Crippen LogP contribution in [0.15, 0.2) is 69.1 Å². The van der Waals surface area contributed by atoms with E-state index in [-0.39, 0.29) is 16.9 Å². The standard InChI is InChI=1S/C24H30BrN3O3S/c1-24(2,3)18-9-13-20(14-10-18)26-27-23(29)17-28(21-15-11-19(25)12-16-21)32(30,31)22-7-5-4-6-8-22/h4-8,11-12,15-16,18H,9-10,13-14,17H2,1-3H3,(H,27,29). The molecule has 0 heterocycles. The zero-order valence-corrected chi connectivity index (χ0v) is 21.1. The number of carbonyl (C=O) groups excluding carboxylic acids is 1. The van der Waals surface area contributed by atoms with Crippen LogP contribution in [0.3, 0.4) is 0 Å². The minimum Gasteiger partial charge on any atom is -0.271 e. The summed E-state index contributed by atoms with van der Waals surface area (Å²) in [4.78, 5) is 12.8. The van der Waals surface area contributed by atoms with Crippen molar-refractivity contribution >= 4 is 43.3 Å². The number of nitrogens with zero attached hydrogens (tertiary/aromatic N) is 2. The first kappa shape index (κ1) is 24.5. The van der Waals surface area contributed by atoms with E-state index in [1.54, 1.807) is 42.5 Å². The molecule has 8 heteroatoms. The van der Waals surface area contributed by atoms with Crippen LogP contribution in [0.5, 0.6) is 0 Å². The average Bonchev–Trinajstić information content (AvgIpc) is 2.77. The normalized spacial score (nSPS) is 17.0. The first-order chi connectivity index (χ1) is 15.1. The molecule has 0 saturated heterocycles. The van der Waals surface area contributed by atoms with Crippen LogP contribution in [0, 0.1) is 11.3 Å². The molecule has 3 rings (SSSR count). The van der Waals surface area contributed by atoms with Crippen molar-refractivity contribution in [2.75, 3.05) is 10.8 Å². The van der Waals surface area contributed by atoms with E-state index in [9.17, 15) is 13.2 Å². The summed E-state index contributed by atoms with van der Waals surface area (Å²) in [7, 11) is -3.92. The maximum Gasteiger partial charge on any atom is 0.264 e. The molecule has 1 N–H and O–H groups in total. The Morgan fingerprint density at radius 1 is 1.06 bits per heavy atom. The van der Waals surface area contributed by atoms with Gasteiger partial charge in [0.05, 0.1) is 10.6 Å². The van der Waals surface area contributed by atoms with Gasteiger partial charge >= 0.3 is 0 Å². The van der Waals surface area contributed by atoms with Crippen LogP contribution in [0.4, 0.5) is 5.69 Å². The predicted molar refractivity (Wildman–Crippen MR) is 132 cm³/mol. The lowest BCUT2D eigenvalue weighted by Crippen LogP contribution is -2.40. The second-order valence-electron chi connectivity index (χ2n) is 9.15. The summed E-state index contributed by atoms with van der Waals surface area (Å²) in [6.45, 7) is 6.41. The third kappa shape index (κ3) is 6.19. The second-order valence-corrected chi connectivity index (χ2v) is 11.9. The van der Waals surface area contributed by atoms with Crippen LogP contribution in [0.2, 0.25) is 0 Å². The molecule has 0 spiro atoms. The van der Waals surface area contributed by atoms with Gasteiger partial charge in [0.15, 0.2) is 0 Å². The predicted octanol–water partition coefficient (Wildman–Crippen LogP) is 5.35. The minimum absolute atomic E-state index is 0.127. The van der Waals surface area contributed by atoms with E-state index in [1.807, 2.05) is 0 Å². The third-order valence-corrected chi connectivity index (χ3v) is 8.18. The highest BCUT2D eigenvalue weighted by molar-refractivity contribution is 9.10. The van der Waals surface area contributed by atoms with Gasteiger partial charge in [0.1, 0.15) is 6.54 Å². The summed E-state index contributed by atoms with van der Waals surface area (Å²) in [5.74, 6) is 0.166. The highest BCUT2D eigenvalue weighted by Crippen LogP contribution is 2.36. The molecule has 2 aromatic carbocycles. The quantitative estimate of drug-likeness (QED) is 0.522. The second kappa shape index (κ2) is 10.2. The number of sulfonamides is 1. The number of hydrazone groups is 1. The highest BCUT2D eigenvalue weighted by Gasteiger charge is 2.29. The van der Waals surface area contributed by atoms with E-state index in [4.69, 9.17) is 0 Å². The van der Waals surface area contributed by atoms with E-state index in [2.05, 4.69) is 47.2 Å². The van der Waals surface area contributed by atoms with E-state index >= 15 is 0 Å². The Morgan fingerprint density at radius 3 is 2.22 bits per heavy atom. The molecule has 1 saturated carbocycles. The van der Waals surface area contributed by atoms with Crippen molar-refractivity contribution in [1.29, 1.82) is 0 Å². The molecule has 1 fully saturated rings. The van der Waals surface area contributed by atoms with Crippen molar-refractivity contribution in [3.8, 4) is 0 Å². The lowest BCUT2D eigenvalue weighted by molar-refractivity contribution is -0.119. The lowest BCUT2D eigenvalue weighted by Gasteiger charge is -2.34. The molecule has 172 valence electrons. The Hall–Kier alpha value is -2.19. The van der Waals surface area contributed by atoms with Gasteiger partial charge in [-0.1, -0.05) is 54.9 Å². The van der Waals surface area contributed by atoms with Gasteiger partial charge in [0, 0.05) is 10.2 Å². The molecule has 1 aliphatic rings. The van der Waals surface area contributed by atoms with Crippen molar-refractivity contribution in [1.82, 2.24) is 5.43 Å². The Bertz CT molecular complexity index is 1050. The van der Waals surface area contributed by atoms with Crippen LogP contribution in [0.1, 0.15) is 46.5 Å². The summed E-state index contributed by atoms with van der Waals surface area (Å²) in [6, 6.07) is 14.9. The van der Waals surface area contributed by atoms with Crippen LogP contribution < -0.4 is 9.73 Å². The number of hydrogen-bond acceptors (Lipinski definition) is 4. The van der Waals surface area contributed by atoms with Crippen molar-refractivity contribution in [3.05, 3.63) is 59.1 Å². The lowest BCUT2D eigenvalue weighted by atomic mass is 9.72. The summed E-state index contributed by atoms with van der Waals surface area (Å²) in [5.41, 5.74) is 4.21. The smallest absolute Gasteiger partial charge is 0.264 e. The van der Waals surface area contributed by atoms with Gasteiger partial charge in [-0.05, 0) is 73.4 Å². The minimum atomic E-state index is -3.92. The van der Waals surface area contributed by atoms with E-state index < -0.39 is 15.9 Å². The molecule has 0 unspecified atom stereocenters. The summed E-state index contributed by atoms with van der Waals surface area (Å²) >= 11 is 3.36. The number of anilines is 1. The Labute approximate surface area is 199 Å². The fourth-order valence-electron chi connectivity index (χ4n) is 3.88. The zero-order valence-electron chi connectivity index (χ0n) is 18.7. The number of benzene rings is 2. The molecule has 0 radical (unpaired) electrons. The van der Waals surface area contributed by atoms with E-state index in [0.29, 0.717) is 11.6 Å². The third-order valence-electron chi connectivity index (χ3n) is 5.86. The first-order valence-corrected chi connectivity index (χ1v) is 13.0. The number of amides is 1. The SMILES string of the molecule is CC(C)(C)C1CCC(=NNC(=O)CN(c2ccc(Br)cc2)S(=O)(=O)c2ccccc2)CC1. The largest absolute Gasteiger partial charge is 0.271 e. The van der Waals surface area contributed by atoms with Gasteiger partial charge in [-0.25, -0.2) is 13.8 Å². The first-order valence-electron chi connectivity index (χ1n) is 10.7. The fourth-order valence-corrected chi connectivity index (χ4v) is 5.58. The average molecular weight is 520 g/mol. The number of rotatable bonds is 6. The van der Waals surface area contributed by atoms with E-state index in [1.165, 1.54) is 12.1 Å². The number of nitrogens with one attached hydrogen (secondary N) is 1. The molecule has 0 bridgehead atoms. The Balaban J connectivity index is 1.74. The maximum absolute atomic E-state index is 13.3. The molecule has 0 aromatic heterocycles. The summed E-state index contributed by atoms with van der Waals surface area (Å²) in [6.07, 6.45) is 3.79. The van der Waals surface area contributed by atoms with Gasteiger partial charge < -0.3 is 0 Å². The maximum atomic E-state index is 13.3. The molecular weight excluding hydrogens is 490 g/mol. The molecule has 32 heavy (non-hydrogen) atoms. The van der Waals surface area contributed by atoms with Gasteiger partial charge in [0.2, 0.25) is 0 Å². The van der Waals surface area contributed by atoms with Crippen LogP contribution in [-0.4, -0.2) is 26.6 Å². The fraction of sp³-hybridized carbons (Fsp3) is 0.417. The zero-order chi connectivity index (χ0) is 23.4. The summed E-state index contributed by atoms with van der Waals surface area (Å²) < 4.78 is 28.5. The van der Waals surface area contributed by atoms with Gasteiger partial charge in [-0.3, -0.25) is 9.10 Å². The molecule has 2 aromatic rings. The van der Waals surface area contributed by atoms with Crippen LogP contribution in [-0.2, 0) is 14.8 Å². The van der Waals surface area contributed by atoms with Gasteiger partial charge in [0.25, 0.3) is 15.9 Å². The molecule has 0 aliphatic heterocycles. The number of hydrogen-bond donors (Lipinski definition) is 1. The molecule has 0 atom stereocenters. The molecule has 1 aliphatic carbocycles. The molecule has 6 nitrogen and oxygen atoms in total. The van der Waals surface area contributed by atoms with E-state index in [0.717, 1.165) is 40.2 Å². The highest BCUT2D eigenvalue weighted by atomic mass is 79.9.